The number of benzene rings is 1. The maximum Gasteiger partial charge on any atom is 0.338 e. The van der Waals surface area contributed by atoms with E-state index in [1.54, 1.807) is 31.2 Å². The molecule has 0 saturated carbocycles. The highest BCUT2D eigenvalue weighted by molar-refractivity contribution is 6.99. The van der Waals surface area contributed by atoms with Crippen LogP contribution in [0.3, 0.4) is 0 Å². The van der Waals surface area contributed by atoms with Crippen LogP contribution >= 0.6 is 11.7 Å². The number of nitrogens with zero attached hydrogens (tertiary/aromatic N) is 3. The van der Waals surface area contributed by atoms with E-state index in [9.17, 15) is 9.59 Å². The normalized spacial score (nSPS) is 13.9. The molecule has 0 atom stereocenters. The SMILES string of the molecule is CCOC(=O)c1ccc(NC(=O)COc2nsnc2N2CCOCC2)cc1. The van der Waals surface area contributed by atoms with Crippen molar-refractivity contribution in [2.75, 3.05) is 49.7 Å². The number of ether oxygens (including phenoxy) is 3. The molecule has 0 unspecified atom stereocenters. The van der Waals surface area contributed by atoms with Crippen LogP contribution in [0, 0.1) is 0 Å². The van der Waals surface area contributed by atoms with Gasteiger partial charge in [-0.2, -0.15) is 4.37 Å². The van der Waals surface area contributed by atoms with E-state index >= 15 is 0 Å². The molecule has 1 amide bonds. The van der Waals surface area contributed by atoms with Crippen LogP contribution in [0.2, 0.25) is 0 Å². The number of carbonyl (C=O) groups is 2. The van der Waals surface area contributed by atoms with Gasteiger partial charge in [-0.15, -0.1) is 4.37 Å². The van der Waals surface area contributed by atoms with Crippen molar-refractivity contribution < 1.29 is 23.8 Å². The number of rotatable bonds is 7. The third-order valence-electron chi connectivity index (χ3n) is 3.77. The molecule has 3 rings (SSSR count). The third-order valence-corrected chi connectivity index (χ3v) is 4.27. The molecule has 1 fully saturated rings. The molecule has 0 bridgehead atoms. The van der Waals surface area contributed by atoms with E-state index in [0.717, 1.165) is 11.7 Å². The minimum atomic E-state index is -0.398. The summed E-state index contributed by atoms with van der Waals surface area (Å²) in [6.07, 6.45) is 0. The van der Waals surface area contributed by atoms with Crippen LogP contribution in [-0.2, 0) is 14.3 Å². The number of nitrogens with one attached hydrogen (secondary N) is 1. The number of carbonyl (C=O) groups excluding carboxylic acids is 2. The smallest absolute Gasteiger partial charge is 0.338 e. The first kappa shape index (κ1) is 19.1. The molecule has 1 aromatic carbocycles. The Hall–Kier alpha value is -2.72. The summed E-state index contributed by atoms with van der Waals surface area (Å²) in [4.78, 5) is 25.8. The van der Waals surface area contributed by atoms with Gasteiger partial charge in [0.1, 0.15) is 0 Å². The zero-order valence-corrected chi connectivity index (χ0v) is 15.7. The van der Waals surface area contributed by atoms with E-state index < -0.39 is 5.97 Å². The molecule has 1 aliphatic rings. The van der Waals surface area contributed by atoms with E-state index in [4.69, 9.17) is 14.2 Å². The van der Waals surface area contributed by atoms with Crippen LogP contribution in [0.15, 0.2) is 24.3 Å². The van der Waals surface area contributed by atoms with Gasteiger partial charge in [-0.3, -0.25) is 4.79 Å². The molecule has 1 aliphatic heterocycles. The van der Waals surface area contributed by atoms with Crippen molar-refractivity contribution in [1.29, 1.82) is 0 Å². The summed E-state index contributed by atoms with van der Waals surface area (Å²) in [5.74, 6) is 0.245. The van der Waals surface area contributed by atoms with Crippen molar-refractivity contribution in [1.82, 2.24) is 8.75 Å². The Morgan fingerprint density at radius 1 is 1.22 bits per heavy atom. The minimum absolute atomic E-state index is 0.192. The van der Waals surface area contributed by atoms with Crippen LogP contribution in [0.5, 0.6) is 5.88 Å². The van der Waals surface area contributed by atoms with E-state index in [0.29, 0.717) is 55.9 Å². The molecule has 0 radical (unpaired) electrons. The van der Waals surface area contributed by atoms with E-state index in [1.807, 2.05) is 4.90 Å². The maximum atomic E-state index is 12.1. The second-order valence-electron chi connectivity index (χ2n) is 5.63. The molecule has 1 aromatic heterocycles. The lowest BCUT2D eigenvalue weighted by Gasteiger charge is -2.26. The molecule has 2 heterocycles. The van der Waals surface area contributed by atoms with Crippen LogP contribution < -0.4 is 15.0 Å². The zero-order valence-electron chi connectivity index (χ0n) is 14.8. The fourth-order valence-corrected chi connectivity index (χ4v) is 2.99. The van der Waals surface area contributed by atoms with Crippen LogP contribution in [-0.4, -0.2) is 60.1 Å². The van der Waals surface area contributed by atoms with Gasteiger partial charge >= 0.3 is 5.97 Å². The average molecular weight is 392 g/mol. The molecule has 27 heavy (non-hydrogen) atoms. The Balaban J connectivity index is 1.51. The predicted molar refractivity (Wildman–Crippen MR) is 99.5 cm³/mol. The summed E-state index contributed by atoms with van der Waals surface area (Å²) in [5.41, 5.74) is 0.983. The van der Waals surface area contributed by atoms with Crippen molar-refractivity contribution in [2.24, 2.45) is 0 Å². The van der Waals surface area contributed by atoms with Crippen molar-refractivity contribution >= 4 is 35.1 Å². The molecule has 1 saturated heterocycles. The number of esters is 1. The standard InChI is InChI=1S/C17H20N4O5S/c1-2-25-17(23)12-3-5-13(6-4-12)18-14(22)11-26-16-15(19-27-20-16)21-7-9-24-10-8-21/h3-6H,2,7-11H2,1H3,(H,18,22). The highest BCUT2D eigenvalue weighted by Gasteiger charge is 2.20. The van der Waals surface area contributed by atoms with E-state index in [2.05, 4.69) is 14.1 Å². The fourth-order valence-electron chi connectivity index (χ4n) is 2.47. The predicted octanol–water partition coefficient (Wildman–Crippen LogP) is 1.57. The number of morpholine rings is 1. The second-order valence-corrected chi connectivity index (χ2v) is 6.16. The van der Waals surface area contributed by atoms with Gasteiger partial charge in [-0.05, 0) is 31.2 Å². The van der Waals surface area contributed by atoms with Gasteiger partial charge < -0.3 is 24.4 Å². The molecular weight excluding hydrogens is 372 g/mol. The number of anilines is 2. The zero-order chi connectivity index (χ0) is 19.1. The van der Waals surface area contributed by atoms with Crippen molar-refractivity contribution in [3.63, 3.8) is 0 Å². The summed E-state index contributed by atoms with van der Waals surface area (Å²) in [5, 5.41) is 2.71. The number of amides is 1. The first-order chi connectivity index (χ1) is 13.2. The van der Waals surface area contributed by atoms with Crippen molar-refractivity contribution in [2.45, 2.75) is 6.92 Å². The highest BCUT2D eigenvalue weighted by atomic mass is 32.1. The van der Waals surface area contributed by atoms with Gasteiger partial charge in [0.05, 0.1) is 37.1 Å². The first-order valence-corrected chi connectivity index (χ1v) is 9.25. The lowest BCUT2D eigenvalue weighted by Crippen LogP contribution is -2.36. The first-order valence-electron chi connectivity index (χ1n) is 8.52. The van der Waals surface area contributed by atoms with Crippen molar-refractivity contribution in [3.05, 3.63) is 29.8 Å². The van der Waals surface area contributed by atoms with Gasteiger partial charge in [0, 0.05) is 18.8 Å². The van der Waals surface area contributed by atoms with Crippen LogP contribution in [0.25, 0.3) is 0 Å². The number of hydrogen-bond acceptors (Lipinski definition) is 9. The van der Waals surface area contributed by atoms with Crippen molar-refractivity contribution in [3.8, 4) is 5.88 Å². The second kappa shape index (κ2) is 9.28. The lowest BCUT2D eigenvalue weighted by molar-refractivity contribution is -0.118. The van der Waals surface area contributed by atoms with Gasteiger partial charge in [-0.25, -0.2) is 4.79 Å². The Bertz CT molecular complexity index is 774. The molecule has 10 heteroatoms. The summed E-state index contributed by atoms with van der Waals surface area (Å²) < 4.78 is 24.1. The molecule has 0 aliphatic carbocycles. The molecule has 1 N–H and O–H groups in total. The summed E-state index contributed by atoms with van der Waals surface area (Å²) >= 11 is 1.04. The Labute approximate surface area is 160 Å². The molecule has 144 valence electrons. The average Bonchev–Trinajstić information content (AvgIpc) is 3.16. The monoisotopic (exact) mass is 392 g/mol. The quantitative estimate of drug-likeness (QED) is 0.709. The van der Waals surface area contributed by atoms with Gasteiger partial charge in [0.15, 0.2) is 6.61 Å². The Morgan fingerprint density at radius 2 is 1.96 bits per heavy atom. The molecular formula is C17H20N4O5S. The topological polar surface area (TPSA) is 103 Å². The largest absolute Gasteiger partial charge is 0.464 e. The molecule has 0 spiro atoms. The lowest BCUT2D eigenvalue weighted by atomic mass is 10.2. The molecule has 2 aromatic rings. The fraction of sp³-hybridized carbons (Fsp3) is 0.412. The van der Waals surface area contributed by atoms with Crippen LogP contribution in [0.1, 0.15) is 17.3 Å². The maximum absolute atomic E-state index is 12.1. The number of hydrogen-bond donors (Lipinski definition) is 1. The summed E-state index contributed by atoms with van der Waals surface area (Å²) in [6, 6.07) is 6.45. The third kappa shape index (κ3) is 5.14. The van der Waals surface area contributed by atoms with Gasteiger partial charge in [-0.1, -0.05) is 0 Å². The minimum Gasteiger partial charge on any atom is -0.464 e. The Kier molecular flexibility index (Phi) is 6.55. The van der Waals surface area contributed by atoms with E-state index in [1.165, 1.54) is 0 Å². The van der Waals surface area contributed by atoms with Gasteiger partial charge in [0.2, 0.25) is 5.82 Å². The van der Waals surface area contributed by atoms with Crippen LogP contribution in [0.4, 0.5) is 11.5 Å². The summed E-state index contributed by atoms with van der Waals surface area (Å²) in [7, 11) is 0. The summed E-state index contributed by atoms with van der Waals surface area (Å²) in [6.45, 7) is 4.53. The molecule has 9 nitrogen and oxygen atoms in total. The van der Waals surface area contributed by atoms with E-state index in [-0.39, 0.29) is 12.5 Å². The Morgan fingerprint density at radius 3 is 2.67 bits per heavy atom. The highest BCUT2D eigenvalue weighted by Crippen LogP contribution is 2.26. The van der Waals surface area contributed by atoms with Gasteiger partial charge in [0.25, 0.3) is 11.8 Å². The number of aromatic nitrogens is 2.